The van der Waals surface area contributed by atoms with Crippen LogP contribution in [0, 0.1) is 11.8 Å². The standard InChI is InChI=1S/C20H29N3O3/c21-13-18(20(25)26)16-1-3-17(4-2-16)19(24)23-11-7-15(8-12-23)14-5-9-22-10-6-14/h1-4,14-15,18,22H,5-13,21H2,(H,25,26). The summed E-state index contributed by atoms with van der Waals surface area (Å²) in [6.45, 7) is 3.92. The smallest absolute Gasteiger partial charge is 0.312 e. The number of carbonyl (C=O) groups is 2. The van der Waals surface area contributed by atoms with Crippen LogP contribution < -0.4 is 11.1 Å². The lowest BCUT2D eigenvalue weighted by Gasteiger charge is -2.37. The van der Waals surface area contributed by atoms with E-state index in [2.05, 4.69) is 5.32 Å². The van der Waals surface area contributed by atoms with Crippen molar-refractivity contribution >= 4 is 11.9 Å². The predicted molar refractivity (Wildman–Crippen MR) is 100 cm³/mol. The first kappa shape index (κ1) is 18.9. The zero-order valence-electron chi connectivity index (χ0n) is 15.2. The van der Waals surface area contributed by atoms with Crippen molar-refractivity contribution in [2.75, 3.05) is 32.7 Å². The number of carboxylic acid groups (broad SMARTS) is 1. The van der Waals surface area contributed by atoms with Gasteiger partial charge in [-0.25, -0.2) is 0 Å². The van der Waals surface area contributed by atoms with Gasteiger partial charge in [0.15, 0.2) is 0 Å². The minimum atomic E-state index is -0.938. The van der Waals surface area contributed by atoms with E-state index in [-0.39, 0.29) is 12.5 Å². The van der Waals surface area contributed by atoms with Crippen molar-refractivity contribution < 1.29 is 14.7 Å². The highest BCUT2D eigenvalue weighted by Gasteiger charge is 2.29. The number of nitrogens with two attached hydrogens (primary N) is 1. The molecule has 0 aliphatic carbocycles. The molecule has 0 spiro atoms. The summed E-state index contributed by atoms with van der Waals surface area (Å²) < 4.78 is 0. The molecule has 26 heavy (non-hydrogen) atoms. The minimum Gasteiger partial charge on any atom is -0.481 e. The van der Waals surface area contributed by atoms with Gasteiger partial charge in [-0.05, 0) is 68.3 Å². The van der Waals surface area contributed by atoms with Gasteiger partial charge >= 0.3 is 5.97 Å². The Kier molecular flexibility index (Phi) is 6.27. The van der Waals surface area contributed by atoms with Crippen molar-refractivity contribution in [3.8, 4) is 0 Å². The van der Waals surface area contributed by atoms with Crippen LogP contribution in [0.4, 0.5) is 0 Å². The molecule has 0 saturated carbocycles. The fourth-order valence-corrected chi connectivity index (χ4v) is 4.31. The molecule has 2 aliphatic heterocycles. The minimum absolute atomic E-state index is 0.0416. The van der Waals surface area contributed by atoms with Crippen molar-refractivity contribution in [2.24, 2.45) is 17.6 Å². The van der Waals surface area contributed by atoms with Gasteiger partial charge in [0.25, 0.3) is 5.91 Å². The molecule has 0 bridgehead atoms. The van der Waals surface area contributed by atoms with E-state index in [0.717, 1.165) is 50.9 Å². The number of nitrogens with zero attached hydrogens (tertiary/aromatic N) is 1. The van der Waals surface area contributed by atoms with Gasteiger partial charge in [0.1, 0.15) is 0 Å². The van der Waals surface area contributed by atoms with E-state index >= 15 is 0 Å². The lowest BCUT2D eigenvalue weighted by molar-refractivity contribution is -0.138. The van der Waals surface area contributed by atoms with Crippen molar-refractivity contribution in [2.45, 2.75) is 31.6 Å². The lowest BCUT2D eigenvalue weighted by Crippen LogP contribution is -2.42. The molecule has 1 unspecified atom stereocenters. The number of hydrogen-bond acceptors (Lipinski definition) is 4. The van der Waals surface area contributed by atoms with E-state index in [4.69, 9.17) is 5.73 Å². The Morgan fingerprint density at radius 1 is 1.08 bits per heavy atom. The van der Waals surface area contributed by atoms with Crippen LogP contribution >= 0.6 is 0 Å². The molecular weight excluding hydrogens is 330 g/mol. The first-order valence-electron chi connectivity index (χ1n) is 9.63. The number of benzene rings is 1. The average Bonchev–Trinajstić information content (AvgIpc) is 2.69. The van der Waals surface area contributed by atoms with Crippen LogP contribution in [0.5, 0.6) is 0 Å². The summed E-state index contributed by atoms with van der Waals surface area (Å²) in [5, 5.41) is 12.6. The summed E-state index contributed by atoms with van der Waals surface area (Å²) in [4.78, 5) is 25.9. The Bertz CT molecular complexity index is 618. The van der Waals surface area contributed by atoms with E-state index < -0.39 is 11.9 Å². The number of rotatable bonds is 5. The van der Waals surface area contributed by atoms with Crippen LogP contribution in [0.15, 0.2) is 24.3 Å². The molecule has 2 saturated heterocycles. The molecule has 1 atom stereocenters. The SMILES string of the molecule is NCC(C(=O)O)c1ccc(C(=O)N2CCC(C3CCNCC3)CC2)cc1. The highest BCUT2D eigenvalue weighted by atomic mass is 16.4. The Labute approximate surface area is 154 Å². The van der Waals surface area contributed by atoms with Crippen LogP contribution in [0.1, 0.15) is 47.5 Å². The Morgan fingerprint density at radius 2 is 1.65 bits per heavy atom. The fraction of sp³-hybridized carbons (Fsp3) is 0.600. The van der Waals surface area contributed by atoms with Crippen molar-refractivity contribution in [3.63, 3.8) is 0 Å². The monoisotopic (exact) mass is 359 g/mol. The first-order valence-corrected chi connectivity index (χ1v) is 9.63. The van der Waals surface area contributed by atoms with Gasteiger partial charge in [-0.3, -0.25) is 9.59 Å². The highest BCUT2D eigenvalue weighted by Crippen LogP contribution is 2.31. The molecule has 0 radical (unpaired) electrons. The molecule has 1 amide bonds. The van der Waals surface area contributed by atoms with Gasteiger partial charge in [-0.2, -0.15) is 0 Å². The quantitative estimate of drug-likeness (QED) is 0.743. The molecule has 1 aromatic rings. The Balaban J connectivity index is 1.57. The van der Waals surface area contributed by atoms with Gasteiger partial charge in [0.2, 0.25) is 0 Å². The maximum atomic E-state index is 12.7. The number of aliphatic carboxylic acids is 1. The number of likely N-dealkylation sites (tertiary alicyclic amines) is 1. The molecular formula is C20H29N3O3. The zero-order chi connectivity index (χ0) is 18.5. The fourth-order valence-electron chi connectivity index (χ4n) is 4.31. The van der Waals surface area contributed by atoms with E-state index in [0.29, 0.717) is 11.1 Å². The molecule has 2 aliphatic rings. The third-order valence-corrected chi connectivity index (χ3v) is 5.97. The van der Waals surface area contributed by atoms with E-state index in [1.165, 1.54) is 12.8 Å². The van der Waals surface area contributed by atoms with Crippen LogP contribution in [-0.4, -0.2) is 54.6 Å². The molecule has 0 aromatic heterocycles. The summed E-state index contributed by atoms with van der Waals surface area (Å²) in [5.41, 5.74) is 6.80. The topological polar surface area (TPSA) is 95.7 Å². The van der Waals surface area contributed by atoms with Crippen LogP contribution in [0.25, 0.3) is 0 Å². The molecule has 1 aromatic carbocycles. The number of carboxylic acids is 1. The van der Waals surface area contributed by atoms with Gasteiger partial charge in [-0.1, -0.05) is 12.1 Å². The molecule has 2 heterocycles. The van der Waals surface area contributed by atoms with Crippen molar-refractivity contribution in [1.29, 1.82) is 0 Å². The molecule has 142 valence electrons. The lowest BCUT2D eigenvalue weighted by atomic mass is 9.79. The number of piperidine rings is 2. The molecule has 2 fully saturated rings. The Morgan fingerprint density at radius 3 is 2.19 bits per heavy atom. The predicted octanol–water partition coefficient (Wildman–Crippen LogP) is 1.67. The van der Waals surface area contributed by atoms with E-state index in [9.17, 15) is 14.7 Å². The second kappa shape index (κ2) is 8.64. The highest BCUT2D eigenvalue weighted by molar-refractivity contribution is 5.94. The third-order valence-electron chi connectivity index (χ3n) is 5.97. The summed E-state index contributed by atoms with van der Waals surface area (Å²) in [6.07, 6.45) is 4.68. The van der Waals surface area contributed by atoms with Crippen LogP contribution in [0.3, 0.4) is 0 Å². The van der Waals surface area contributed by atoms with Crippen LogP contribution in [0.2, 0.25) is 0 Å². The molecule has 4 N–H and O–H groups in total. The van der Waals surface area contributed by atoms with Crippen molar-refractivity contribution in [1.82, 2.24) is 10.2 Å². The van der Waals surface area contributed by atoms with E-state index in [1.54, 1.807) is 24.3 Å². The third kappa shape index (κ3) is 4.24. The second-order valence-electron chi connectivity index (χ2n) is 7.47. The van der Waals surface area contributed by atoms with Gasteiger partial charge in [0, 0.05) is 25.2 Å². The van der Waals surface area contributed by atoms with Gasteiger partial charge in [0.05, 0.1) is 5.92 Å². The molecule has 3 rings (SSSR count). The zero-order valence-corrected chi connectivity index (χ0v) is 15.2. The Hall–Kier alpha value is -1.92. The van der Waals surface area contributed by atoms with Crippen LogP contribution in [-0.2, 0) is 4.79 Å². The number of amides is 1. The maximum absolute atomic E-state index is 12.7. The average molecular weight is 359 g/mol. The normalized spacial score (nSPS) is 20.7. The first-order chi connectivity index (χ1) is 12.6. The maximum Gasteiger partial charge on any atom is 0.312 e. The largest absolute Gasteiger partial charge is 0.481 e. The summed E-state index contributed by atoms with van der Waals surface area (Å²) in [7, 11) is 0. The summed E-state index contributed by atoms with van der Waals surface area (Å²) in [5.74, 6) is -0.0761. The number of carbonyl (C=O) groups excluding carboxylic acids is 1. The summed E-state index contributed by atoms with van der Waals surface area (Å²) >= 11 is 0. The van der Waals surface area contributed by atoms with E-state index in [1.807, 2.05) is 4.90 Å². The molecule has 6 nitrogen and oxygen atoms in total. The van der Waals surface area contributed by atoms with Crippen molar-refractivity contribution in [3.05, 3.63) is 35.4 Å². The second-order valence-corrected chi connectivity index (χ2v) is 7.47. The number of hydrogen-bond donors (Lipinski definition) is 3. The van der Waals surface area contributed by atoms with Gasteiger partial charge < -0.3 is 21.1 Å². The van der Waals surface area contributed by atoms with Gasteiger partial charge in [-0.15, -0.1) is 0 Å². The summed E-state index contributed by atoms with van der Waals surface area (Å²) in [6, 6.07) is 6.87. The number of nitrogens with one attached hydrogen (secondary N) is 1. The molecule has 6 heteroatoms.